The minimum atomic E-state index is -3.57. The molecule has 0 saturated carbocycles. The largest absolute Gasteiger partial charge is 0.355 e. The summed E-state index contributed by atoms with van der Waals surface area (Å²) >= 11 is 4.54. The van der Waals surface area contributed by atoms with E-state index in [1.165, 1.54) is 11.3 Å². The highest BCUT2D eigenvalue weighted by Crippen LogP contribution is 2.33. The maximum Gasteiger partial charge on any atom is 0.250 e. The molecule has 8 heteroatoms. The van der Waals surface area contributed by atoms with E-state index >= 15 is 0 Å². The molecule has 0 atom stereocenters. The third-order valence-electron chi connectivity index (χ3n) is 3.58. The zero-order valence-electron chi connectivity index (χ0n) is 13.0. The number of hydrogen-bond acceptors (Lipinski definition) is 5. The molecular formula is C16H15BrN2O3S2. The van der Waals surface area contributed by atoms with Crippen LogP contribution in [0, 0.1) is 13.8 Å². The minimum absolute atomic E-state index is 0.232. The van der Waals surface area contributed by atoms with E-state index in [1.807, 2.05) is 38.1 Å². The van der Waals surface area contributed by atoms with Crippen molar-refractivity contribution in [2.75, 3.05) is 0 Å². The van der Waals surface area contributed by atoms with Gasteiger partial charge in [-0.2, -0.15) is 0 Å². The van der Waals surface area contributed by atoms with Crippen LogP contribution >= 0.6 is 27.3 Å². The Morgan fingerprint density at radius 1 is 1.25 bits per heavy atom. The number of rotatable bonds is 5. The van der Waals surface area contributed by atoms with Crippen LogP contribution < -0.4 is 4.72 Å². The number of halogens is 1. The Morgan fingerprint density at radius 3 is 2.71 bits per heavy atom. The smallest absolute Gasteiger partial charge is 0.250 e. The number of nitrogens with one attached hydrogen (secondary N) is 1. The molecule has 0 aliphatic rings. The van der Waals surface area contributed by atoms with Crippen LogP contribution in [0.1, 0.15) is 16.8 Å². The van der Waals surface area contributed by atoms with Gasteiger partial charge in [0, 0.05) is 16.6 Å². The van der Waals surface area contributed by atoms with Crippen molar-refractivity contribution >= 4 is 37.3 Å². The molecule has 2 heterocycles. The predicted molar refractivity (Wildman–Crippen MR) is 97.5 cm³/mol. The van der Waals surface area contributed by atoms with Crippen LogP contribution in [0.5, 0.6) is 0 Å². The van der Waals surface area contributed by atoms with Gasteiger partial charge in [-0.1, -0.05) is 33.2 Å². The fourth-order valence-electron chi connectivity index (χ4n) is 2.13. The average molecular weight is 427 g/mol. The molecule has 3 aromatic rings. The molecule has 2 aromatic heterocycles. The van der Waals surface area contributed by atoms with Crippen molar-refractivity contribution in [3.8, 4) is 10.6 Å². The van der Waals surface area contributed by atoms with Gasteiger partial charge < -0.3 is 4.52 Å². The van der Waals surface area contributed by atoms with Crippen LogP contribution in [0.15, 0.2) is 49.6 Å². The van der Waals surface area contributed by atoms with Crippen molar-refractivity contribution < 1.29 is 12.9 Å². The highest BCUT2D eigenvalue weighted by Gasteiger charge is 2.20. The summed E-state index contributed by atoms with van der Waals surface area (Å²) in [5, 5.41) is 3.91. The van der Waals surface area contributed by atoms with Crippen LogP contribution in [0.25, 0.3) is 10.6 Å². The molecule has 1 N–H and O–H groups in total. The second-order valence-electron chi connectivity index (χ2n) is 5.30. The van der Waals surface area contributed by atoms with Gasteiger partial charge in [0.05, 0.1) is 10.6 Å². The first-order valence-electron chi connectivity index (χ1n) is 7.14. The van der Waals surface area contributed by atoms with Crippen LogP contribution in [0.2, 0.25) is 0 Å². The Balaban J connectivity index is 1.79. The molecule has 0 fully saturated rings. The second kappa shape index (κ2) is 6.79. The molecule has 3 rings (SSSR count). The molecule has 0 bridgehead atoms. The molecule has 1 aromatic carbocycles. The number of aryl methyl sites for hydroxylation is 1. The standard InChI is InChI=1S/C16H15BrN2O3S2/c1-10-11(2)19-22-16(10)14-6-7-15(23-14)24(20,21)18-9-12-4-3-5-13(17)8-12/h3-8,18H,9H2,1-2H3. The van der Waals surface area contributed by atoms with Gasteiger partial charge >= 0.3 is 0 Å². The first-order valence-corrected chi connectivity index (χ1v) is 10.2. The van der Waals surface area contributed by atoms with Gasteiger partial charge in [0.2, 0.25) is 10.0 Å². The molecular weight excluding hydrogens is 412 g/mol. The zero-order valence-corrected chi connectivity index (χ0v) is 16.3. The van der Waals surface area contributed by atoms with Crippen LogP contribution in [0.3, 0.4) is 0 Å². The van der Waals surface area contributed by atoms with E-state index in [0.717, 1.165) is 26.2 Å². The van der Waals surface area contributed by atoms with Gasteiger partial charge in [-0.25, -0.2) is 13.1 Å². The molecule has 126 valence electrons. The normalized spacial score (nSPS) is 11.8. The van der Waals surface area contributed by atoms with Gasteiger partial charge in [0.15, 0.2) is 5.76 Å². The van der Waals surface area contributed by atoms with Crippen LogP contribution in [-0.4, -0.2) is 13.6 Å². The molecule has 0 aliphatic carbocycles. The van der Waals surface area contributed by atoms with E-state index < -0.39 is 10.0 Å². The third kappa shape index (κ3) is 3.61. The number of aromatic nitrogens is 1. The Hall–Kier alpha value is -1.48. The first-order chi connectivity index (χ1) is 11.4. The quantitative estimate of drug-likeness (QED) is 0.661. The molecule has 5 nitrogen and oxygen atoms in total. The maximum atomic E-state index is 12.5. The van der Waals surface area contributed by atoms with Crippen molar-refractivity contribution in [3.05, 3.63) is 57.7 Å². The number of benzene rings is 1. The summed E-state index contributed by atoms with van der Waals surface area (Å²) in [7, 11) is -3.57. The van der Waals surface area contributed by atoms with E-state index in [-0.39, 0.29) is 10.8 Å². The monoisotopic (exact) mass is 426 g/mol. The predicted octanol–water partition coefficient (Wildman–Crippen LogP) is 4.26. The molecule has 0 amide bonds. The number of thiophene rings is 1. The van der Waals surface area contributed by atoms with Crippen molar-refractivity contribution in [2.45, 2.75) is 24.6 Å². The highest BCUT2D eigenvalue weighted by molar-refractivity contribution is 9.10. The number of hydrogen-bond donors (Lipinski definition) is 1. The Kier molecular flexibility index (Phi) is 4.91. The summed E-state index contributed by atoms with van der Waals surface area (Å²) < 4.78 is 34.0. The van der Waals surface area contributed by atoms with E-state index in [9.17, 15) is 8.42 Å². The van der Waals surface area contributed by atoms with Gasteiger partial charge in [0.25, 0.3) is 0 Å². The summed E-state index contributed by atoms with van der Waals surface area (Å²) in [5.41, 5.74) is 2.60. The van der Waals surface area contributed by atoms with Crippen molar-refractivity contribution in [1.82, 2.24) is 9.88 Å². The van der Waals surface area contributed by atoms with Gasteiger partial charge in [-0.15, -0.1) is 11.3 Å². The molecule has 24 heavy (non-hydrogen) atoms. The van der Waals surface area contributed by atoms with Gasteiger partial charge in [0.1, 0.15) is 4.21 Å². The van der Waals surface area contributed by atoms with E-state index in [4.69, 9.17) is 4.52 Å². The van der Waals surface area contributed by atoms with E-state index in [2.05, 4.69) is 25.8 Å². The van der Waals surface area contributed by atoms with Crippen molar-refractivity contribution in [3.63, 3.8) is 0 Å². The summed E-state index contributed by atoms with van der Waals surface area (Å²) in [6.45, 7) is 3.99. The van der Waals surface area contributed by atoms with Gasteiger partial charge in [-0.05, 0) is 43.7 Å². The number of sulfonamides is 1. The minimum Gasteiger partial charge on any atom is -0.355 e. The molecule has 0 radical (unpaired) electrons. The summed E-state index contributed by atoms with van der Waals surface area (Å²) in [4.78, 5) is 0.746. The zero-order chi connectivity index (χ0) is 17.3. The Labute approximate surface area is 152 Å². The lowest BCUT2D eigenvalue weighted by Gasteiger charge is -2.05. The molecule has 0 aliphatic heterocycles. The summed E-state index contributed by atoms with van der Waals surface area (Å²) in [6, 6.07) is 10.8. The number of nitrogens with zero attached hydrogens (tertiary/aromatic N) is 1. The van der Waals surface area contributed by atoms with Crippen LogP contribution in [0.4, 0.5) is 0 Å². The van der Waals surface area contributed by atoms with Crippen LogP contribution in [-0.2, 0) is 16.6 Å². The van der Waals surface area contributed by atoms with E-state index in [0.29, 0.717) is 5.76 Å². The van der Waals surface area contributed by atoms with Gasteiger partial charge in [-0.3, -0.25) is 0 Å². The Morgan fingerprint density at radius 2 is 2.04 bits per heavy atom. The van der Waals surface area contributed by atoms with Crippen molar-refractivity contribution in [2.24, 2.45) is 0 Å². The highest BCUT2D eigenvalue weighted by atomic mass is 79.9. The summed E-state index contributed by atoms with van der Waals surface area (Å²) in [5.74, 6) is 0.617. The molecule has 0 unspecified atom stereocenters. The second-order valence-corrected chi connectivity index (χ2v) is 9.29. The first kappa shape index (κ1) is 17.3. The van der Waals surface area contributed by atoms with Crippen molar-refractivity contribution in [1.29, 1.82) is 0 Å². The third-order valence-corrected chi connectivity index (χ3v) is 7.05. The molecule has 0 spiro atoms. The summed E-state index contributed by atoms with van der Waals surface area (Å²) in [6.07, 6.45) is 0. The Bertz CT molecular complexity index is 977. The fourth-order valence-corrected chi connectivity index (χ4v) is 4.98. The average Bonchev–Trinajstić information content (AvgIpc) is 3.14. The maximum absolute atomic E-state index is 12.5. The fraction of sp³-hybridized carbons (Fsp3) is 0.188. The lowest BCUT2D eigenvalue weighted by Crippen LogP contribution is -2.22. The van der Waals surface area contributed by atoms with E-state index in [1.54, 1.807) is 12.1 Å². The molecule has 0 saturated heterocycles. The lowest BCUT2D eigenvalue weighted by molar-refractivity contribution is 0.427. The lowest BCUT2D eigenvalue weighted by atomic mass is 10.2. The SMILES string of the molecule is Cc1noc(-c2ccc(S(=O)(=O)NCc3cccc(Br)c3)s2)c1C. The topological polar surface area (TPSA) is 72.2 Å².